The Kier molecular flexibility index (Phi) is 5.33. The first-order valence-electron chi connectivity index (χ1n) is 9.36. The number of Topliss-reactive ketones (excluding diaryl/α,β-unsaturated/α-hetero) is 1. The van der Waals surface area contributed by atoms with Crippen LogP contribution >= 0.6 is 0 Å². The van der Waals surface area contributed by atoms with Gasteiger partial charge in [-0.2, -0.15) is 0 Å². The molecule has 1 atom stereocenters. The molecule has 140 valence electrons. The molecule has 0 spiro atoms. The van der Waals surface area contributed by atoms with Crippen LogP contribution in [0.15, 0.2) is 47.7 Å². The lowest BCUT2D eigenvalue weighted by Gasteiger charge is -2.44. The zero-order chi connectivity index (χ0) is 18.9. The van der Waals surface area contributed by atoms with Crippen LogP contribution in [-0.2, 0) is 10.2 Å². The van der Waals surface area contributed by atoms with Gasteiger partial charge < -0.3 is 10.0 Å². The number of halogens is 1. The van der Waals surface area contributed by atoms with Crippen molar-refractivity contribution in [1.29, 1.82) is 0 Å². The van der Waals surface area contributed by atoms with Crippen molar-refractivity contribution < 1.29 is 14.3 Å². The number of nitrogens with zero attached hydrogens (tertiary/aromatic N) is 1. The second kappa shape index (κ2) is 7.36. The molecule has 2 aliphatic rings. The Hall–Kier alpha value is -1.94. The van der Waals surface area contributed by atoms with Gasteiger partial charge in [0.1, 0.15) is 5.82 Å². The van der Waals surface area contributed by atoms with Crippen LogP contribution in [0.25, 0.3) is 0 Å². The van der Waals surface area contributed by atoms with Crippen LogP contribution in [0.1, 0.15) is 45.1 Å². The smallest absolute Gasteiger partial charge is 0.160 e. The van der Waals surface area contributed by atoms with Gasteiger partial charge in [0.05, 0.1) is 6.61 Å². The molecule has 1 aromatic rings. The van der Waals surface area contributed by atoms with Gasteiger partial charge in [0, 0.05) is 36.2 Å². The number of aliphatic hydroxyl groups is 1. The Morgan fingerprint density at radius 3 is 2.42 bits per heavy atom. The van der Waals surface area contributed by atoms with E-state index in [0.717, 1.165) is 54.8 Å². The van der Waals surface area contributed by atoms with Gasteiger partial charge in [-0.25, -0.2) is 4.39 Å². The molecular weight excluding hydrogens is 329 g/mol. The van der Waals surface area contributed by atoms with Gasteiger partial charge >= 0.3 is 0 Å². The van der Waals surface area contributed by atoms with Gasteiger partial charge in [0.2, 0.25) is 0 Å². The minimum atomic E-state index is -0.328. The molecule has 1 saturated heterocycles. The van der Waals surface area contributed by atoms with E-state index in [0.29, 0.717) is 6.42 Å². The van der Waals surface area contributed by atoms with Crippen LogP contribution in [-0.4, -0.2) is 35.5 Å². The molecule has 1 heterocycles. The van der Waals surface area contributed by atoms with E-state index < -0.39 is 0 Å². The number of aliphatic hydroxyl groups excluding tert-OH is 1. The number of piperidine rings is 1. The Morgan fingerprint density at radius 1 is 1.27 bits per heavy atom. The van der Waals surface area contributed by atoms with Gasteiger partial charge in [-0.05, 0) is 56.7 Å². The maximum atomic E-state index is 13.3. The molecule has 1 fully saturated rings. The van der Waals surface area contributed by atoms with Crippen molar-refractivity contribution >= 4 is 5.78 Å². The summed E-state index contributed by atoms with van der Waals surface area (Å²) in [5.41, 5.74) is 3.74. The van der Waals surface area contributed by atoms with Gasteiger partial charge in [-0.3, -0.25) is 4.79 Å². The fourth-order valence-electron chi connectivity index (χ4n) is 4.26. The van der Waals surface area contributed by atoms with Crippen LogP contribution in [0.2, 0.25) is 0 Å². The molecule has 4 heteroatoms. The SMILES string of the molecule is C=C(C)C1CC(=O)C(C)=C(N2CCC(CO)(c3ccc(F)cc3)CC2)C1. The van der Waals surface area contributed by atoms with Crippen molar-refractivity contribution in [3.8, 4) is 0 Å². The van der Waals surface area contributed by atoms with E-state index in [9.17, 15) is 14.3 Å². The summed E-state index contributed by atoms with van der Waals surface area (Å²) in [7, 11) is 0. The Balaban J connectivity index is 1.78. The topological polar surface area (TPSA) is 40.5 Å². The monoisotopic (exact) mass is 357 g/mol. The average Bonchev–Trinajstić information content (AvgIpc) is 2.64. The zero-order valence-electron chi connectivity index (χ0n) is 15.7. The fourth-order valence-corrected chi connectivity index (χ4v) is 4.26. The van der Waals surface area contributed by atoms with E-state index in [2.05, 4.69) is 11.5 Å². The number of rotatable bonds is 4. The highest BCUT2D eigenvalue weighted by Crippen LogP contribution is 2.39. The quantitative estimate of drug-likeness (QED) is 0.829. The van der Waals surface area contributed by atoms with E-state index in [1.54, 1.807) is 12.1 Å². The maximum Gasteiger partial charge on any atom is 0.160 e. The van der Waals surface area contributed by atoms with E-state index in [4.69, 9.17) is 0 Å². The first-order chi connectivity index (χ1) is 12.4. The normalized spacial score (nSPS) is 23.3. The molecule has 1 unspecified atom stereocenters. The summed E-state index contributed by atoms with van der Waals surface area (Å²) in [5, 5.41) is 10.1. The summed E-state index contributed by atoms with van der Waals surface area (Å²) >= 11 is 0. The molecule has 0 radical (unpaired) electrons. The third kappa shape index (κ3) is 3.48. The van der Waals surface area contributed by atoms with Crippen molar-refractivity contribution in [1.82, 2.24) is 4.90 Å². The molecule has 1 aliphatic carbocycles. The maximum absolute atomic E-state index is 13.3. The number of carbonyl (C=O) groups is 1. The first kappa shape index (κ1) is 18.8. The lowest BCUT2D eigenvalue weighted by Crippen LogP contribution is -2.45. The highest BCUT2D eigenvalue weighted by atomic mass is 19.1. The van der Waals surface area contributed by atoms with Gasteiger partial charge in [0.25, 0.3) is 0 Å². The van der Waals surface area contributed by atoms with Crippen molar-refractivity contribution in [2.24, 2.45) is 5.92 Å². The molecule has 3 nitrogen and oxygen atoms in total. The van der Waals surface area contributed by atoms with Crippen LogP contribution in [0.5, 0.6) is 0 Å². The van der Waals surface area contributed by atoms with Gasteiger partial charge in [0.15, 0.2) is 5.78 Å². The lowest BCUT2D eigenvalue weighted by molar-refractivity contribution is -0.116. The van der Waals surface area contributed by atoms with E-state index in [1.165, 1.54) is 12.1 Å². The third-order valence-electron chi connectivity index (χ3n) is 6.28. The van der Waals surface area contributed by atoms with Crippen molar-refractivity contribution in [2.45, 2.75) is 44.9 Å². The Bertz CT molecular complexity index is 727. The minimum absolute atomic E-state index is 0.0534. The highest BCUT2D eigenvalue weighted by molar-refractivity contribution is 5.96. The number of likely N-dealkylation sites (tertiary alicyclic amines) is 1. The molecule has 1 aliphatic heterocycles. The molecule has 0 aromatic heterocycles. The standard InChI is InChI=1S/C22H28FNO2/c1-15(2)17-12-20(16(3)21(26)13-17)24-10-8-22(14-25,9-11-24)18-4-6-19(23)7-5-18/h4-7,17,25H,1,8-14H2,2-3H3. The second-order valence-electron chi connectivity index (χ2n) is 7.88. The number of ketones is 1. The number of hydrogen-bond donors (Lipinski definition) is 1. The third-order valence-corrected chi connectivity index (χ3v) is 6.28. The molecule has 0 amide bonds. The molecule has 1 N–H and O–H groups in total. The Labute approximate surface area is 155 Å². The molecule has 1 aromatic carbocycles. The van der Waals surface area contributed by atoms with E-state index in [-0.39, 0.29) is 29.5 Å². The summed E-state index contributed by atoms with van der Waals surface area (Å²) in [6, 6.07) is 6.49. The van der Waals surface area contributed by atoms with Crippen molar-refractivity contribution in [2.75, 3.05) is 19.7 Å². The zero-order valence-corrected chi connectivity index (χ0v) is 15.7. The number of benzene rings is 1. The Morgan fingerprint density at radius 2 is 1.88 bits per heavy atom. The summed E-state index contributed by atoms with van der Waals surface area (Å²) in [4.78, 5) is 14.7. The van der Waals surface area contributed by atoms with Gasteiger partial charge in [-0.1, -0.05) is 24.3 Å². The molecule has 0 bridgehead atoms. The van der Waals surface area contributed by atoms with Crippen LogP contribution < -0.4 is 0 Å². The summed E-state index contributed by atoms with van der Waals surface area (Å²) in [5.74, 6) is 0.186. The summed E-state index contributed by atoms with van der Waals surface area (Å²) in [6.45, 7) is 9.61. The summed E-state index contributed by atoms with van der Waals surface area (Å²) < 4.78 is 13.3. The number of hydrogen-bond acceptors (Lipinski definition) is 3. The molecular formula is C22H28FNO2. The van der Waals surface area contributed by atoms with E-state index >= 15 is 0 Å². The predicted octanol–water partition coefficient (Wildman–Crippen LogP) is 3.98. The lowest BCUT2D eigenvalue weighted by atomic mass is 9.73. The average molecular weight is 357 g/mol. The predicted molar refractivity (Wildman–Crippen MR) is 101 cm³/mol. The first-order valence-corrected chi connectivity index (χ1v) is 9.36. The molecule has 3 rings (SSSR count). The van der Waals surface area contributed by atoms with Crippen molar-refractivity contribution in [3.05, 3.63) is 59.1 Å². The number of carbonyl (C=O) groups excluding carboxylic acids is 1. The fraction of sp³-hybridized carbons (Fsp3) is 0.500. The van der Waals surface area contributed by atoms with Crippen LogP contribution in [0.3, 0.4) is 0 Å². The molecule has 0 saturated carbocycles. The number of allylic oxidation sites excluding steroid dienone is 3. The molecule has 26 heavy (non-hydrogen) atoms. The highest BCUT2D eigenvalue weighted by Gasteiger charge is 2.38. The van der Waals surface area contributed by atoms with E-state index in [1.807, 2.05) is 13.8 Å². The largest absolute Gasteiger partial charge is 0.395 e. The van der Waals surface area contributed by atoms with Gasteiger partial charge in [-0.15, -0.1) is 0 Å². The van der Waals surface area contributed by atoms with Crippen LogP contribution in [0.4, 0.5) is 4.39 Å². The van der Waals surface area contributed by atoms with Crippen LogP contribution in [0, 0.1) is 11.7 Å². The summed E-state index contributed by atoms with van der Waals surface area (Å²) in [6.07, 6.45) is 3.01. The second-order valence-corrected chi connectivity index (χ2v) is 7.88. The minimum Gasteiger partial charge on any atom is -0.395 e. The van der Waals surface area contributed by atoms with Crippen molar-refractivity contribution in [3.63, 3.8) is 0 Å².